The van der Waals surface area contributed by atoms with Crippen LogP contribution in [-0.4, -0.2) is 18.7 Å². The van der Waals surface area contributed by atoms with Crippen LogP contribution in [0, 0.1) is 6.92 Å². The molecule has 0 atom stereocenters. The number of ether oxygens (including phenoxy) is 1. The van der Waals surface area contributed by atoms with Crippen LogP contribution in [0.2, 0.25) is 0 Å². The van der Waals surface area contributed by atoms with Crippen molar-refractivity contribution in [1.82, 2.24) is 0 Å². The van der Waals surface area contributed by atoms with Gasteiger partial charge < -0.3 is 4.74 Å². The minimum Gasteiger partial charge on any atom is -0.496 e. The lowest BCUT2D eigenvalue weighted by atomic mass is 10.1. The van der Waals surface area contributed by atoms with E-state index in [-0.39, 0.29) is 11.5 Å². The average molecular weight is 334 g/mol. The Balaban J connectivity index is 2.19. The van der Waals surface area contributed by atoms with Crippen molar-refractivity contribution in [2.24, 2.45) is 0 Å². The number of allylic oxidation sites excluding steroid dienone is 1. The van der Waals surface area contributed by atoms with Crippen LogP contribution >= 0.6 is 11.8 Å². The smallest absolute Gasteiger partial charge is 0.289 e. The van der Waals surface area contributed by atoms with Gasteiger partial charge in [-0.25, -0.2) is 0 Å². The minimum atomic E-state index is -2.54. The molecule has 0 saturated carbocycles. The Bertz CT molecular complexity index is 727. The van der Waals surface area contributed by atoms with Crippen molar-refractivity contribution in [2.45, 2.75) is 17.6 Å². The number of alkyl halides is 2. The first-order valence-electron chi connectivity index (χ1n) is 6.91. The molecule has 0 radical (unpaired) electrons. The highest BCUT2D eigenvalue weighted by atomic mass is 32.2. The van der Waals surface area contributed by atoms with Gasteiger partial charge in [0.05, 0.1) is 12.0 Å². The number of carbonyl (C=O) groups excluding carboxylic acids is 1. The quantitative estimate of drug-likeness (QED) is 0.412. The van der Waals surface area contributed by atoms with Gasteiger partial charge >= 0.3 is 0 Å². The van der Waals surface area contributed by atoms with E-state index in [1.165, 1.54) is 31.4 Å². The zero-order chi connectivity index (χ0) is 16.8. The highest BCUT2D eigenvalue weighted by molar-refractivity contribution is 7.99. The molecule has 0 aliphatic carbocycles. The molecule has 0 aliphatic rings. The van der Waals surface area contributed by atoms with Crippen molar-refractivity contribution < 1.29 is 18.3 Å². The highest BCUT2D eigenvalue weighted by Gasteiger charge is 2.13. The number of rotatable bonds is 6. The van der Waals surface area contributed by atoms with E-state index >= 15 is 0 Å². The number of methoxy groups -OCH3 is 1. The van der Waals surface area contributed by atoms with E-state index in [1.54, 1.807) is 6.08 Å². The fourth-order valence-corrected chi connectivity index (χ4v) is 2.65. The summed E-state index contributed by atoms with van der Waals surface area (Å²) in [5.41, 5.74) is 2.43. The molecule has 2 nitrogen and oxygen atoms in total. The summed E-state index contributed by atoms with van der Waals surface area (Å²) in [6, 6.07) is 12.2. The third-order valence-corrected chi connectivity index (χ3v) is 3.90. The molecule has 0 N–H and O–H groups in total. The molecule has 5 heteroatoms. The molecule has 0 aliphatic heterocycles. The topological polar surface area (TPSA) is 26.3 Å². The summed E-state index contributed by atoms with van der Waals surface area (Å²) in [6.07, 6.45) is 3.19. The van der Waals surface area contributed by atoms with Crippen LogP contribution in [0.4, 0.5) is 8.78 Å². The molecule has 2 aromatic carbocycles. The lowest BCUT2D eigenvalue weighted by molar-refractivity contribution is 0.104. The van der Waals surface area contributed by atoms with Gasteiger partial charge in [0.2, 0.25) is 0 Å². The zero-order valence-corrected chi connectivity index (χ0v) is 13.6. The van der Waals surface area contributed by atoms with Gasteiger partial charge in [-0.05, 0) is 36.8 Å². The molecule has 0 aromatic heterocycles. The van der Waals surface area contributed by atoms with Gasteiger partial charge in [0.1, 0.15) is 5.75 Å². The highest BCUT2D eigenvalue weighted by Crippen LogP contribution is 2.34. The van der Waals surface area contributed by atoms with Gasteiger partial charge in [-0.3, -0.25) is 4.79 Å². The summed E-state index contributed by atoms with van der Waals surface area (Å²) in [5.74, 6) is -2.48. The van der Waals surface area contributed by atoms with Gasteiger partial charge in [-0.2, -0.15) is 8.78 Å². The summed E-state index contributed by atoms with van der Waals surface area (Å²) in [6.45, 7) is 1.98. The van der Waals surface area contributed by atoms with E-state index in [0.717, 1.165) is 11.1 Å². The molecule has 0 heterocycles. The van der Waals surface area contributed by atoms with Crippen molar-refractivity contribution in [3.63, 3.8) is 0 Å². The summed E-state index contributed by atoms with van der Waals surface area (Å²) in [4.78, 5) is 12.5. The Morgan fingerprint density at radius 1 is 1.22 bits per heavy atom. The molecule has 0 amide bonds. The van der Waals surface area contributed by atoms with Crippen LogP contribution in [0.3, 0.4) is 0 Å². The molecule has 0 saturated heterocycles. The molecule has 0 spiro atoms. The van der Waals surface area contributed by atoms with E-state index in [1.807, 2.05) is 31.2 Å². The Morgan fingerprint density at radius 2 is 2.00 bits per heavy atom. The molecule has 0 unspecified atom stereocenters. The van der Waals surface area contributed by atoms with Crippen LogP contribution in [0.25, 0.3) is 6.08 Å². The molecule has 2 rings (SSSR count). The predicted octanol–water partition coefficient (Wildman–Crippen LogP) is 5.21. The third kappa shape index (κ3) is 4.93. The molecule has 23 heavy (non-hydrogen) atoms. The molecule has 2 aromatic rings. The Labute approximate surface area is 138 Å². The fraction of sp³-hybridized carbons (Fsp3) is 0.167. The number of carbonyl (C=O) groups is 1. The van der Waals surface area contributed by atoms with Crippen molar-refractivity contribution in [3.8, 4) is 5.75 Å². The van der Waals surface area contributed by atoms with E-state index in [9.17, 15) is 13.6 Å². The Kier molecular flexibility index (Phi) is 5.93. The summed E-state index contributed by atoms with van der Waals surface area (Å²) >= 11 is 0.394. The summed E-state index contributed by atoms with van der Waals surface area (Å²) in [7, 11) is 1.39. The first-order valence-corrected chi connectivity index (χ1v) is 7.79. The maximum Gasteiger partial charge on any atom is 0.289 e. The monoisotopic (exact) mass is 334 g/mol. The molecule has 0 bridgehead atoms. The molecule has 0 fully saturated rings. The second-order valence-corrected chi connectivity index (χ2v) is 5.89. The molecule has 120 valence electrons. The SMILES string of the molecule is COc1cc(C(=O)C=Cc2cccc(C)c2)ccc1SC(F)F. The van der Waals surface area contributed by atoms with Gasteiger partial charge in [-0.15, -0.1) is 0 Å². The van der Waals surface area contributed by atoms with Gasteiger partial charge in [-0.1, -0.05) is 47.7 Å². The van der Waals surface area contributed by atoms with Gasteiger partial charge in [0.15, 0.2) is 5.78 Å². The lowest BCUT2D eigenvalue weighted by Gasteiger charge is -2.08. The number of hydrogen-bond donors (Lipinski definition) is 0. The largest absolute Gasteiger partial charge is 0.496 e. The first-order chi connectivity index (χ1) is 11.0. The van der Waals surface area contributed by atoms with Gasteiger partial charge in [0.25, 0.3) is 5.76 Å². The van der Waals surface area contributed by atoms with E-state index < -0.39 is 5.76 Å². The van der Waals surface area contributed by atoms with Crippen molar-refractivity contribution in [3.05, 3.63) is 65.2 Å². The van der Waals surface area contributed by atoms with Crippen LogP contribution in [0.15, 0.2) is 53.4 Å². The van der Waals surface area contributed by atoms with E-state index in [0.29, 0.717) is 22.2 Å². The summed E-state index contributed by atoms with van der Waals surface area (Å²) < 4.78 is 30.0. The molecular formula is C18H16F2O2S. The minimum absolute atomic E-state index is 0.210. The number of benzene rings is 2. The number of halogens is 2. The maximum absolute atomic E-state index is 12.5. The summed E-state index contributed by atoms with van der Waals surface area (Å²) in [5, 5.41) is 0. The van der Waals surface area contributed by atoms with Crippen LogP contribution < -0.4 is 4.74 Å². The van der Waals surface area contributed by atoms with Crippen LogP contribution in [-0.2, 0) is 0 Å². The first kappa shape index (κ1) is 17.2. The molecular weight excluding hydrogens is 318 g/mol. The maximum atomic E-state index is 12.5. The van der Waals surface area contributed by atoms with Crippen LogP contribution in [0.5, 0.6) is 5.75 Å². The fourth-order valence-electron chi connectivity index (χ4n) is 2.06. The second kappa shape index (κ2) is 7.92. The second-order valence-electron chi connectivity index (χ2n) is 4.86. The predicted molar refractivity (Wildman–Crippen MR) is 89.4 cm³/mol. The van der Waals surface area contributed by atoms with Gasteiger partial charge in [0, 0.05) is 5.56 Å². The van der Waals surface area contributed by atoms with E-state index in [2.05, 4.69) is 0 Å². The number of thioether (sulfide) groups is 1. The Hall–Kier alpha value is -2.14. The lowest BCUT2D eigenvalue weighted by Crippen LogP contribution is -1.97. The number of hydrogen-bond acceptors (Lipinski definition) is 3. The normalized spacial score (nSPS) is 11.2. The number of ketones is 1. The standard InChI is InChI=1S/C18H16F2O2S/c1-12-4-3-5-13(10-12)6-8-15(21)14-7-9-17(23-18(19)20)16(11-14)22-2/h3-11,18H,1-2H3. The zero-order valence-electron chi connectivity index (χ0n) is 12.8. The average Bonchev–Trinajstić information content (AvgIpc) is 2.52. The Morgan fingerprint density at radius 3 is 2.65 bits per heavy atom. The third-order valence-electron chi connectivity index (χ3n) is 3.13. The van der Waals surface area contributed by atoms with Crippen molar-refractivity contribution in [2.75, 3.05) is 7.11 Å². The van der Waals surface area contributed by atoms with E-state index in [4.69, 9.17) is 4.74 Å². The van der Waals surface area contributed by atoms with Crippen LogP contribution in [0.1, 0.15) is 21.5 Å². The van der Waals surface area contributed by atoms with Crippen molar-refractivity contribution >= 4 is 23.6 Å². The van der Waals surface area contributed by atoms with Crippen molar-refractivity contribution in [1.29, 1.82) is 0 Å². The number of aryl methyl sites for hydroxylation is 1.